The van der Waals surface area contributed by atoms with Gasteiger partial charge < -0.3 is 4.90 Å². The van der Waals surface area contributed by atoms with Crippen molar-refractivity contribution in [1.29, 1.82) is 0 Å². The Hall–Kier alpha value is -2.63. The van der Waals surface area contributed by atoms with E-state index >= 15 is 0 Å². The van der Waals surface area contributed by atoms with Crippen LogP contribution in [0.15, 0.2) is 60.7 Å². The van der Waals surface area contributed by atoms with Crippen molar-refractivity contribution in [1.82, 2.24) is 19.6 Å². The molecule has 1 aromatic heterocycles. The van der Waals surface area contributed by atoms with Gasteiger partial charge in [0.05, 0.1) is 5.69 Å². The standard InChI is InChI=1S/C23H25ClN4O/c1-18-16-22(25-28(18)21-6-3-2-4-7-21)23(29)27-13-5-12-26(14-15-27)17-19-8-10-20(24)11-9-19/h2-4,6-11,16H,5,12-15,17H2,1H3. The van der Waals surface area contributed by atoms with Gasteiger partial charge in [-0.25, -0.2) is 4.68 Å². The summed E-state index contributed by atoms with van der Waals surface area (Å²) >= 11 is 5.98. The minimum Gasteiger partial charge on any atom is -0.336 e. The van der Waals surface area contributed by atoms with Crippen molar-refractivity contribution in [2.45, 2.75) is 19.9 Å². The van der Waals surface area contributed by atoms with Gasteiger partial charge in [0.1, 0.15) is 0 Å². The number of aryl methyl sites for hydroxylation is 1. The first-order valence-electron chi connectivity index (χ1n) is 9.98. The maximum absolute atomic E-state index is 13.1. The second kappa shape index (κ2) is 8.80. The first-order valence-corrected chi connectivity index (χ1v) is 10.4. The Morgan fingerprint density at radius 2 is 1.76 bits per heavy atom. The number of halogens is 1. The summed E-state index contributed by atoms with van der Waals surface area (Å²) in [7, 11) is 0. The molecule has 0 spiro atoms. The lowest BCUT2D eigenvalue weighted by molar-refractivity contribution is 0.0754. The lowest BCUT2D eigenvalue weighted by Crippen LogP contribution is -2.35. The van der Waals surface area contributed by atoms with Gasteiger partial charge >= 0.3 is 0 Å². The fraction of sp³-hybridized carbons (Fsp3) is 0.304. The van der Waals surface area contributed by atoms with Crippen molar-refractivity contribution in [3.63, 3.8) is 0 Å². The Kier molecular flexibility index (Phi) is 5.97. The molecule has 4 rings (SSSR count). The summed E-state index contributed by atoms with van der Waals surface area (Å²) in [4.78, 5) is 17.4. The molecule has 29 heavy (non-hydrogen) atoms. The summed E-state index contributed by atoms with van der Waals surface area (Å²) in [5.41, 5.74) is 3.68. The van der Waals surface area contributed by atoms with Crippen LogP contribution in [-0.4, -0.2) is 51.7 Å². The van der Waals surface area contributed by atoms with E-state index in [0.717, 1.165) is 49.0 Å². The Bertz CT molecular complexity index is 968. The Morgan fingerprint density at radius 3 is 2.52 bits per heavy atom. The maximum atomic E-state index is 13.1. The fourth-order valence-electron chi connectivity index (χ4n) is 3.75. The summed E-state index contributed by atoms with van der Waals surface area (Å²) in [6, 6.07) is 19.8. The molecule has 1 aliphatic rings. The van der Waals surface area contributed by atoms with Gasteiger partial charge in [-0.05, 0) is 49.2 Å². The molecular weight excluding hydrogens is 384 g/mol. The summed E-state index contributed by atoms with van der Waals surface area (Å²) in [5.74, 6) is 0.0103. The number of carbonyl (C=O) groups is 1. The van der Waals surface area contributed by atoms with Crippen molar-refractivity contribution >= 4 is 17.5 Å². The van der Waals surface area contributed by atoms with Crippen LogP contribution < -0.4 is 0 Å². The van der Waals surface area contributed by atoms with E-state index in [1.807, 2.05) is 65.0 Å². The van der Waals surface area contributed by atoms with E-state index in [-0.39, 0.29) is 5.91 Å². The van der Waals surface area contributed by atoms with Gasteiger partial charge in [-0.2, -0.15) is 5.10 Å². The minimum absolute atomic E-state index is 0.0103. The normalized spacial score (nSPS) is 15.3. The molecule has 6 heteroatoms. The lowest BCUT2D eigenvalue weighted by Gasteiger charge is -2.21. The highest BCUT2D eigenvalue weighted by atomic mass is 35.5. The van der Waals surface area contributed by atoms with Crippen LogP contribution in [0.3, 0.4) is 0 Å². The average Bonchev–Trinajstić information content (AvgIpc) is 2.98. The number of para-hydroxylation sites is 1. The van der Waals surface area contributed by atoms with Gasteiger partial charge in [0.2, 0.25) is 0 Å². The number of benzene rings is 2. The van der Waals surface area contributed by atoms with Gasteiger partial charge in [0.25, 0.3) is 5.91 Å². The van der Waals surface area contributed by atoms with Crippen molar-refractivity contribution < 1.29 is 4.79 Å². The molecule has 0 unspecified atom stereocenters. The fourth-order valence-corrected chi connectivity index (χ4v) is 3.88. The average molecular weight is 409 g/mol. The summed E-state index contributed by atoms with van der Waals surface area (Å²) in [6.45, 7) is 6.15. The van der Waals surface area contributed by atoms with E-state index in [1.54, 1.807) is 0 Å². The molecule has 0 atom stereocenters. The monoisotopic (exact) mass is 408 g/mol. The molecule has 1 saturated heterocycles. The molecule has 2 aromatic carbocycles. The zero-order valence-corrected chi connectivity index (χ0v) is 17.3. The number of hydrogen-bond donors (Lipinski definition) is 0. The van der Waals surface area contributed by atoms with Crippen LogP contribution in [-0.2, 0) is 6.54 Å². The van der Waals surface area contributed by atoms with Gasteiger partial charge in [-0.3, -0.25) is 9.69 Å². The summed E-state index contributed by atoms with van der Waals surface area (Å²) in [5, 5.41) is 5.34. The molecule has 0 bridgehead atoms. The van der Waals surface area contributed by atoms with Gasteiger partial charge in [-0.1, -0.05) is 41.9 Å². The predicted octanol–water partition coefficient (Wildman–Crippen LogP) is 4.18. The zero-order chi connectivity index (χ0) is 20.2. The number of rotatable bonds is 4. The minimum atomic E-state index is 0.0103. The number of nitrogens with zero attached hydrogens (tertiary/aromatic N) is 4. The summed E-state index contributed by atoms with van der Waals surface area (Å²) < 4.78 is 1.83. The molecule has 1 amide bonds. The van der Waals surface area contributed by atoms with Crippen LogP contribution in [0.5, 0.6) is 0 Å². The van der Waals surface area contributed by atoms with Crippen LogP contribution in [0.2, 0.25) is 5.02 Å². The zero-order valence-electron chi connectivity index (χ0n) is 16.6. The van der Waals surface area contributed by atoms with Gasteiger partial charge in [-0.15, -0.1) is 0 Å². The van der Waals surface area contributed by atoms with E-state index in [0.29, 0.717) is 12.2 Å². The third kappa shape index (κ3) is 4.69. The molecule has 1 fully saturated rings. The van der Waals surface area contributed by atoms with E-state index < -0.39 is 0 Å². The molecular formula is C23H25ClN4O. The Morgan fingerprint density at radius 1 is 1.00 bits per heavy atom. The Labute approximate surface area is 176 Å². The molecule has 150 valence electrons. The molecule has 2 heterocycles. The second-order valence-corrected chi connectivity index (χ2v) is 7.90. The molecule has 0 aliphatic carbocycles. The van der Waals surface area contributed by atoms with Crippen molar-refractivity contribution in [2.75, 3.05) is 26.2 Å². The first kappa shape index (κ1) is 19.7. The highest BCUT2D eigenvalue weighted by molar-refractivity contribution is 6.30. The largest absolute Gasteiger partial charge is 0.336 e. The molecule has 5 nitrogen and oxygen atoms in total. The predicted molar refractivity (Wildman–Crippen MR) is 116 cm³/mol. The van der Waals surface area contributed by atoms with Gasteiger partial charge in [0, 0.05) is 43.4 Å². The lowest BCUT2D eigenvalue weighted by atomic mass is 10.2. The number of hydrogen-bond acceptors (Lipinski definition) is 3. The smallest absolute Gasteiger partial charge is 0.274 e. The number of carbonyl (C=O) groups excluding carboxylic acids is 1. The molecule has 3 aromatic rings. The van der Waals surface area contributed by atoms with Crippen LogP contribution >= 0.6 is 11.6 Å². The topological polar surface area (TPSA) is 41.4 Å². The number of amides is 1. The van der Waals surface area contributed by atoms with Crippen LogP contribution in [0.1, 0.15) is 28.2 Å². The highest BCUT2D eigenvalue weighted by Gasteiger charge is 2.23. The van der Waals surface area contributed by atoms with Gasteiger partial charge in [0.15, 0.2) is 5.69 Å². The van der Waals surface area contributed by atoms with Crippen LogP contribution in [0, 0.1) is 6.92 Å². The third-order valence-electron chi connectivity index (χ3n) is 5.30. The van der Waals surface area contributed by atoms with Crippen molar-refractivity contribution in [3.05, 3.63) is 82.6 Å². The summed E-state index contributed by atoms with van der Waals surface area (Å²) in [6.07, 6.45) is 0.956. The van der Waals surface area contributed by atoms with Crippen LogP contribution in [0.25, 0.3) is 5.69 Å². The number of aromatic nitrogens is 2. The Balaban J connectivity index is 1.41. The quantitative estimate of drug-likeness (QED) is 0.650. The SMILES string of the molecule is Cc1cc(C(=O)N2CCCN(Cc3ccc(Cl)cc3)CC2)nn1-c1ccccc1. The van der Waals surface area contributed by atoms with E-state index in [9.17, 15) is 4.79 Å². The van der Waals surface area contributed by atoms with Crippen molar-refractivity contribution in [2.24, 2.45) is 0 Å². The van der Waals surface area contributed by atoms with Crippen LogP contribution in [0.4, 0.5) is 0 Å². The molecule has 0 saturated carbocycles. The highest BCUT2D eigenvalue weighted by Crippen LogP contribution is 2.16. The third-order valence-corrected chi connectivity index (χ3v) is 5.55. The first-order chi connectivity index (χ1) is 14.1. The van der Waals surface area contributed by atoms with Crippen molar-refractivity contribution in [3.8, 4) is 5.69 Å². The second-order valence-electron chi connectivity index (χ2n) is 7.47. The molecule has 1 aliphatic heterocycles. The molecule has 0 radical (unpaired) electrons. The maximum Gasteiger partial charge on any atom is 0.274 e. The molecule has 0 N–H and O–H groups in total. The van der Waals surface area contributed by atoms with E-state index in [2.05, 4.69) is 22.1 Å². The van der Waals surface area contributed by atoms with E-state index in [1.165, 1.54) is 5.56 Å². The van der Waals surface area contributed by atoms with E-state index in [4.69, 9.17) is 11.6 Å².